The number of aryl methyl sites for hydroxylation is 1. The average Bonchev–Trinajstić information content (AvgIpc) is 3.16. The van der Waals surface area contributed by atoms with Crippen molar-refractivity contribution in [2.75, 3.05) is 24.6 Å². The van der Waals surface area contributed by atoms with Crippen molar-refractivity contribution in [1.29, 1.82) is 0 Å². The van der Waals surface area contributed by atoms with E-state index in [2.05, 4.69) is 30.0 Å². The van der Waals surface area contributed by atoms with Crippen molar-refractivity contribution in [3.8, 4) is 0 Å². The summed E-state index contributed by atoms with van der Waals surface area (Å²) in [7, 11) is 0. The number of fused-ring (bicyclic) bond motifs is 1. The van der Waals surface area contributed by atoms with Crippen LogP contribution < -0.4 is 4.90 Å². The third kappa shape index (κ3) is 5.55. The van der Waals surface area contributed by atoms with E-state index in [1.54, 1.807) is 4.90 Å². The maximum atomic E-state index is 13.4. The quantitative estimate of drug-likeness (QED) is 0.229. The van der Waals surface area contributed by atoms with Gasteiger partial charge in [-0.05, 0) is 56.5 Å². The zero-order valence-electron chi connectivity index (χ0n) is 21.0. The summed E-state index contributed by atoms with van der Waals surface area (Å²) in [4.78, 5) is 35.1. The Bertz CT molecular complexity index is 1380. The molecule has 2 fully saturated rings. The molecule has 0 spiro atoms. The van der Waals surface area contributed by atoms with Crippen LogP contribution in [0.1, 0.15) is 36.5 Å². The fraction of sp³-hybridized carbons (Fsp3) is 0.310. The monoisotopic (exact) mass is 531 g/mol. The number of nitrogens with zero attached hydrogens (tertiary/aromatic N) is 3. The second-order valence-electron chi connectivity index (χ2n) is 9.36. The largest absolute Gasteiger partial charge is 0.466 e. The molecule has 3 aromatic rings. The van der Waals surface area contributed by atoms with Gasteiger partial charge in [0.1, 0.15) is 10.1 Å². The molecule has 0 radical (unpaired) electrons. The van der Waals surface area contributed by atoms with Crippen LogP contribution >= 0.6 is 24.0 Å². The number of aromatic nitrogens is 1. The summed E-state index contributed by atoms with van der Waals surface area (Å²) in [6, 6.07) is 18.2. The SMILES string of the molecule is CCOC(=O)C1CCN(c2nc3ccc(C)cc3cc2/C=C2\SC(=S)N(Cc3ccccc3)C2=O)CC1. The highest BCUT2D eigenvalue weighted by molar-refractivity contribution is 8.26. The third-order valence-corrected chi connectivity index (χ3v) is 8.11. The fourth-order valence-electron chi connectivity index (χ4n) is 4.79. The molecule has 5 rings (SSSR count). The van der Waals surface area contributed by atoms with Crippen molar-refractivity contribution in [2.24, 2.45) is 5.92 Å². The van der Waals surface area contributed by atoms with Gasteiger partial charge < -0.3 is 9.64 Å². The highest BCUT2D eigenvalue weighted by Gasteiger charge is 2.33. The van der Waals surface area contributed by atoms with Crippen LogP contribution in [-0.4, -0.2) is 45.8 Å². The van der Waals surface area contributed by atoms with Gasteiger partial charge in [0.2, 0.25) is 0 Å². The highest BCUT2D eigenvalue weighted by Crippen LogP contribution is 2.36. The molecule has 3 heterocycles. The van der Waals surface area contributed by atoms with Crippen molar-refractivity contribution in [3.05, 3.63) is 76.2 Å². The first-order valence-corrected chi connectivity index (χ1v) is 13.8. The summed E-state index contributed by atoms with van der Waals surface area (Å²) in [5.41, 5.74) is 3.97. The average molecular weight is 532 g/mol. The highest BCUT2D eigenvalue weighted by atomic mass is 32.2. The van der Waals surface area contributed by atoms with Gasteiger partial charge in [0.05, 0.1) is 29.5 Å². The van der Waals surface area contributed by atoms with E-state index in [0.29, 0.717) is 48.3 Å². The molecule has 2 aliphatic heterocycles. The Morgan fingerprint density at radius 2 is 1.92 bits per heavy atom. The van der Waals surface area contributed by atoms with E-state index in [1.165, 1.54) is 11.8 Å². The van der Waals surface area contributed by atoms with Crippen LogP contribution in [0.15, 0.2) is 59.5 Å². The van der Waals surface area contributed by atoms with Crippen molar-refractivity contribution < 1.29 is 14.3 Å². The van der Waals surface area contributed by atoms with Gasteiger partial charge in [0.15, 0.2) is 0 Å². The van der Waals surface area contributed by atoms with Gasteiger partial charge >= 0.3 is 5.97 Å². The van der Waals surface area contributed by atoms with Crippen LogP contribution in [0, 0.1) is 12.8 Å². The van der Waals surface area contributed by atoms with Crippen molar-refractivity contribution in [1.82, 2.24) is 9.88 Å². The predicted octanol–water partition coefficient (Wildman–Crippen LogP) is 5.72. The Kier molecular flexibility index (Phi) is 7.58. The van der Waals surface area contributed by atoms with Crippen LogP contribution in [0.3, 0.4) is 0 Å². The van der Waals surface area contributed by atoms with E-state index in [-0.39, 0.29) is 17.8 Å². The maximum absolute atomic E-state index is 13.4. The molecule has 0 unspecified atom stereocenters. The van der Waals surface area contributed by atoms with Crippen molar-refractivity contribution in [2.45, 2.75) is 33.2 Å². The number of thiocarbonyl (C=S) groups is 1. The van der Waals surface area contributed by atoms with Gasteiger partial charge in [0, 0.05) is 24.0 Å². The Morgan fingerprint density at radius 1 is 1.16 bits per heavy atom. The number of anilines is 1. The number of rotatable bonds is 6. The smallest absolute Gasteiger partial charge is 0.309 e. The number of benzene rings is 2. The van der Waals surface area contributed by atoms with Crippen LogP contribution in [-0.2, 0) is 20.9 Å². The van der Waals surface area contributed by atoms with E-state index in [0.717, 1.165) is 33.4 Å². The van der Waals surface area contributed by atoms with E-state index in [9.17, 15) is 9.59 Å². The first-order valence-electron chi connectivity index (χ1n) is 12.5. The molecule has 6 nitrogen and oxygen atoms in total. The molecule has 0 saturated carbocycles. The number of pyridine rings is 1. The summed E-state index contributed by atoms with van der Waals surface area (Å²) in [5.74, 6) is 0.533. The lowest BCUT2D eigenvalue weighted by Gasteiger charge is -2.32. The number of ether oxygens (including phenoxy) is 1. The topological polar surface area (TPSA) is 62.7 Å². The molecule has 37 heavy (non-hydrogen) atoms. The summed E-state index contributed by atoms with van der Waals surface area (Å²) in [5, 5.41) is 1.02. The third-order valence-electron chi connectivity index (χ3n) is 6.74. The van der Waals surface area contributed by atoms with E-state index in [4.69, 9.17) is 21.9 Å². The standard InChI is InChI=1S/C29H29N3O3S2/c1-3-35-28(34)21-11-13-31(14-12-21)26-23(16-22-15-19(2)9-10-24(22)30-26)17-25-27(33)32(29(36)37-25)18-20-7-5-4-6-8-20/h4-10,15-17,21H,3,11-14,18H2,1-2H3/b25-17-. The lowest BCUT2D eigenvalue weighted by Crippen LogP contribution is -2.37. The Balaban J connectivity index is 1.46. The molecule has 1 aromatic heterocycles. The zero-order valence-corrected chi connectivity index (χ0v) is 22.6. The van der Waals surface area contributed by atoms with Gasteiger partial charge in [-0.3, -0.25) is 14.5 Å². The fourth-order valence-corrected chi connectivity index (χ4v) is 6.04. The summed E-state index contributed by atoms with van der Waals surface area (Å²) >= 11 is 6.91. The van der Waals surface area contributed by atoms with Gasteiger partial charge in [-0.2, -0.15) is 0 Å². The predicted molar refractivity (Wildman–Crippen MR) is 153 cm³/mol. The number of amides is 1. The second-order valence-corrected chi connectivity index (χ2v) is 11.0. The number of thioether (sulfide) groups is 1. The zero-order chi connectivity index (χ0) is 25.9. The molecular formula is C29H29N3O3S2. The number of carbonyl (C=O) groups is 2. The number of esters is 1. The molecule has 2 aliphatic rings. The van der Waals surface area contributed by atoms with Gasteiger partial charge in [0.25, 0.3) is 5.91 Å². The lowest BCUT2D eigenvalue weighted by molar-refractivity contribution is -0.148. The van der Waals surface area contributed by atoms with Crippen molar-refractivity contribution in [3.63, 3.8) is 0 Å². The van der Waals surface area contributed by atoms with E-state index >= 15 is 0 Å². The van der Waals surface area contributed by atoms with Gasteiger partial charge in [-0.15, -0.1) is 0 Å². The van der Waals surface area contributed by atoms with Crippen LogP contribution in [0.2, 0.25) is 0 Å². The Hall–Kier alpha value is -3.23. The van der Waals surface area contributed by atoms with Gasteiger partial charge in [-0.1, -0.05) is 65.9 Å². The normalized spacial score (nSPS) is 17.7. The number of hydrogen-bond donors (Lipinski definition) is 0. The second kappa shape index (κ2) is 11.0. The number of hydrogen-bond acceptors (Lipinski definition) is 7. The number of carbonyl (C=O) groups excluding carboxylic acids is 2. The molecule has 2 saturated heterocycles. The lowest BCUT2D eigenvalue weighted by atomic mass is 9.96. The van der Waals surface area contributed by atoms with E-state index in [1.807, 2.05) is 49.4 Å². The molecule has 190 valence electrons. The molecule has 8 heteroatoms. The molecule has 2 aromatic carbocycles. The molecule has 0 bridgehead atoms. The minimum Gasteiger partial charge on any atom is -0.466 e. The molecule has 0 atom stereocenters. The van der Waals surface area contributed by atoms with Gasteiger partial charge in [-0.25, -0.2) is 4.98 Å². The van der Waals surface area contributed by atoms with Crippen LogP contribution in [0.25, 0.3) is 17.0 Å². The molecule has 0 aliphatic carbocycles. The van der Waals surface area contributed by atoms with Crippen molar-refractivity contribution >= 4 is 63.0 Å². The first-order chi connectivity index (χ1) is 17.9. The Morgan fingerprint density at radius 3 is 2.65 bits per heavy atom. The summed E-state index contributed by atoms with van der Waals surface area (Å²) in [6.45, 7) is 6.14. The first kappa shape index (κ1) is 25.4. The van der Waals surface area contributed by atoms with Crippen LogP contribution in [0.4, 0.5) is 5.82 Å². The molecular weight excluding hydrogens is 502 g/mol. The summed E-state index contributed by atoms with van der Waals surface area (Å²) < 4.78 is 5.80. The van der Waals surface area contributed by atoms with Crippen LogP contribution in [0.5, 0.6) is 0 Å². The molecule has 0 N–H and O–H groups in total. The minimum absolute atomic E-state index is 0.0861. The van der Waals surface area contributed by atoms with E-state index < -0.39 is 0 Å². The maximum Gasteiger partial charge on any atom is 0.309 e. The number of piperidine rings is 1. The Labute approximate surface area is 226 Å². The molecule has 1 amide bonds. The summed E-state index contributed by atoms with van der Waals surface area (Å²) in [6.07, 6.45) is 3.35. The minimum atomic E-state index is -0.119.